The molecule has 1 aromatic heterocycles. The summed E-state index contributed by atoms with van der Waals surface area (Å²) in [5.41, 5.74) is 3.99. The largest absolute Gasteiger partial charge is 0.313 e. The SMILES string of the molecule is CCCNCc1cnn(-c2ccc(C#N)cc2)c1C. The lowest BCUT2D eigenvalue weighted by atomic mass is 10.2. The van der Waals surface area contributed by atoms with Crippen LogP contribution in [0.2, 0.25) is 0 Å². The van der Waals surface area contributed by atoms with E-state index < -0.39 is 0 Å². The third-order valence-corrected chi connectivity index (χ3v) is 3.09. The van der Waals surface area contributed by atoms with Gasteiger partial charge in [0.15, 0.2) is 0 Å². The Morgan fingerprint density at radius 3 is 2.68 bits per heavy atom. The van der Waals surface area contributed by atoms with Gasteiger partial charge in [-0.2, -0.15) is 10.4 Å². The van der Waals surface area contributed by atoms with Gasteiger partial charge in [0.05, 0.1) is 23.5 Å². The quantitative estimate of drug-likeness (QED) is 0.834. The van der Waals surface area contributed by atoms with Gasteiger partial charge in [-0.25, -0.2) is 4.68 Å². The smallest absolute Gasteiger partial charge is 0.0991 e. The molecule has 0 aliphatic rings. The second-order valence-electron chi connectivity index (χ2n) is 4.50. The molecular formula is C15H18N4. The Balaban J connectivity index is 2.18. The van der Waals surface area contributed by atoms with E-state index in [-0.39, 0.29) is 0 Å². The highest BCUT2D eigenvalue weighted by molar-refractivity contribution is 5.40. The Labute approximate surface area is 113 Å². The van der Waals surface area contributed by atoms with Gasteiger partial charge in [-0.1, -0.05) is 6.92 Å². The summed E-state index contributed by atoms with van der Waals surface area (Å²) in [4.78, 5) is 0. The third kappa shape index (κ3) is 3.01. The maximum Gasteiger partial charge on any atom is 0.0991 e. The Kier molecular flexibility index (Phi) is 4.32. The predicted molar refractivity (Wildman–Crippen MR) is 75.0 cm³/mol. The van der Waals surface area contributed by atoms with E-state index in [9.17, 15) is 0 Å². The van der Waals surface area contributed by atoms with Crippen LogP contribution in [0.25, 0.3) is 5.69 Å². The van der Waals surface area contributed by atoms with Crippen LogP contribution in [0.1, 0.15) is 30.2 Å². The van der Waals surface area contributed by atoms with Crippen LogP contribution in [-0.4, -0.2) is 16.3 Å². The molecule has 4 nitrogen and oxygen atoms in total. The van der Waals surface area contributed by atoms with Crippen LogP contribution in [0.3, 0.4) is 0 Å². The van der Waals surface area contributed by atoms with Crippen LogP contribution in [0.15, 0.2) is 30.5 Å². The Morgan fingerprint density at radius 1 is 1.32 bits per heavy atom. The molecule has 0 fully saturated rings. The van der Waals surface area contributed by atoms with Crippen molar-refractivity contribution in [3.8, 4) is 11.8 Å². The zero-order chi connectivity index (χ0) is 13.7. The highest BCUT2D eigenvalue weighted by atomic mass is 15.3. The minimum absolute atomic E-state index is 0.665. The van der Waals surface area contributed by atoms with Gasteiger partial charge in [-0.3, -0.25) is 0 Å². The lowest BCUT2D eigenvalue weighted by molar-refractivity contribution is 0.672. The number of benzene rings is 1. The van der Waals surface area contributed by atoms with Crippen LogP contribution < -0.4 is 5.32 Å². The second kappa shape index (κ2) is 6.17. The van der Waals surface area contributed by atoms with Gasteiger partial charge in [-0.05, 0) is 44.2 Å². The zero-order valence-electron chi connectivity index (χ0n) is 11.3. The summed E-state index contributed by atoms with van der Waals surface area (Å²) in [5, 5.41) is 16.6. The number of nitrogens with one attached hydrogen (secondary N) is 1. The fraction of sp³-hybridized carbons (Fsp3) is 0.333. The summed E-state index contributed by atoms with van der Waals surface area (Å²) < 4.78 is 1.91. The van der Waals surface area contributed by atoms with E-state index in [1.54, 1.807) is 0 Å². The van der Waals surface area contributed by atoms with Crippen molar-refractivity contribution >= 4 is 0 Å². The number of nitrogens with zero attached hydrogens (tertiary/aromatic N) is 3. The average Bonchev–Trinajstić information content (AvgIpc) is 2.81. The summed E-state index contributed by atoms with van der Waals surface area (Å²) in [6.45, 7) is 6.08. The van der Waals surface area contributed by atoms with Crippen molar-refractivity contribution in [1.29, 1.82) is 5.26 Å². The standard InChI is InChI=1S/C15H18N4/c1-3-8-17-10-14-11-18-19(12(14)2)15-6-4-13(9-16)5-7-15/h4-7,11,17H,3,8,10H2,1-2H3. The maximum atomic E-state index is 8.80. The van der Waals surface area contributed by atoms with Gasteiger partial charge in [0.25, 0.3) is 0 Å². The summed E-state index contributed by atoms with van der Waals surface area (Å²) in [5.74, 6) is 0. The minimum Gasteiger partial charge on any atom is -0.313 e. The fourth-order valence-corrected chi connectivity index (χ4v) is 1.95. The van der Waals surface area contributed by atoms with Crippen LogP contribution in [0, 0.1) is 18.3 Å². The van der Waals surface area contributed by atoms with Crippen LogP contribution >= 0.6 is 0 Å². The second-order valence-corrected chi connectivity index (χ2v) is 4.50. The van der Waals surface area contributed by atoms with Crippen molar-refractivity contribution in [2.75, 3.05) is 6.54 Å². The summed E-state index contributed by atoms with van der Waals surface area (Å²) in [7, 11) is 0. The van der Waals surface area contributed by atoms with Gasteiger partial charge < -0.3 is 5.32 Å². The molecule has 0 unspecified atom stereocenters. The first-order valence-electron chi connectivity index (χ1n) is 6.51. The van der Waals surface area contributed by atoms with Crippen molar-refractivity contribution in [3.63, 3.8) is 0 Å². The minimum atomic E-state index is 0.665. The molecule has 2 aromatic rings. The molecule has 0 amide bonds. The van der Waals surface area contributed by atoms with Crippen molar-refractivity contribution in [1.82, 2.24) is 15.1 Å². The Morgan fingerprint density at radius 2 is 2.05 bits per heavy atom. The molecule has 0 saturated heterocycles. The molecule has 19 heavy (non-hydrogen) atoms. The molecule has 1 aromatic carbocycles. The van der Waals surface area contributed by atoms with Crippen molar-refractivity contribution in [2.24, 2.45) is 0 Å². The van der Waals surface area contributed by atoms with E-state index >= 15 is 0 Å². The summed E-state index contributed by atoms with van der Waals surface area (Å²) in [6.07, 6.45) is 3.03. The van der Waals surface area contributed by atoms with E-state index in [1.165, 1.54) is 5.56 Å². The average molecular weight is 254 g/mol. The summed E-state index contributed by atoms with van der Waals surface area (Å²) in [6, 6.07) is 9.58. The molecule has 2 rings (SSSR count). The zero-order valence-corrected chi connectivity index (χ0v) is 11.3. The van der Waals surface area contributed by atoms with Crippen LogP contribution in [-0.2, 0) is 6.54 Å². The van der Waals surface area contributed by atoms with Crippen molar-refractivity contribution in [3.05, 3.63) is 47.3 Å². The molecule has 0 saturated carbocycles. The van der Waals surface area contributed by atoms with E-state index in [0.717, 1.165) is 30.9 Å². The van der Waals surface area contributed by atoms with Crippen LogP contribution in [0.4, 0.5) is 0 Å². The van der Waals surface area contributed by atoms with Gasteiger partial charge in [-0.15, -0.1) is 0 Å². The predicted octanol–water partition coefficient (Wildman–Crippen LogP) is 2.55. The lowest BCUT2D eigenvalue weighted by Gasteiger charge is -2.06. The van der Waals surface area contributed by atoms with Gasteiger partial charge in [0, 0.05) is 17.8 Å². The first-order valence-corrected chi connectivity index (χ1v) is 6.51. The van der Waals surface area contributed by atoms with E-state index in [0.29, 0.717) is 5.56 Å². The normalized spacial score (nSPS) is 10.4. The van der Waals surface area contributed by atoms with E-state index in [4.69, 9.17) is 5.26 Å². The number of hydrogen-bond donors (Lipinski definition) is 1. The highest BCUT2D eigenvalue weighted by Gasteiger charge is 2.07. The molecule has 0 radical (unpaired) electrons. The maximum absolute atomic E-state index is 8.80. The molecule has 0 bridgehead atoms. The van der Waals surface area contributed by atoms with Crippen LogP contribution in [0.5, 0.6) is 0 Å². The van der Waals surface area contributed by atoms with Gasteiger partial charge in [0.2, 0.25) is 0 Å². The van der Waals surface area contributed by atoms with Crippen molar-refractivity contribution < 1.29 is 0 Å². The molecular weight excluding hydrogens is 236 g/mol. The number of hydrogen-bond acceptors (Lipinski definition) is 3. The fourth-order valence-electron chi connectivity index (χ4n) is 1.95. The molecule has 4 heteroatoms. The molecule has 0 aliphatic carbocycles. The first kappa shape index (κ1) is 13.3. The molecule has 0 aliphatic heterocycles. The molecule has 1 N–H and O–H groups in total. The van der Waals surface area contributed by atoms with Crippen molar-refractivity contribution in [2.45, 2.75) is 26.8 Å². The van der Waals surface area contributed by atoms with E-state index in [1.807, 2.05) is 35.1 Å². The topological polar surface area (TPSA) is 53.6 Å². The molecule has 0 atom stereocenters. The summed E-state index contributed by atoms with van der Waals surface area (Å²) >= 11 is 0. The van der Waals surface area contributed by atoms with Gasteiger partial charge in [0.1, 0.15) is 0 Å². The molecule has 98 valence electrons. The highest BCUT2D eigenvalue weighted by Crippen LogP contribution is 2.14. The molecule has 0 spiro atoms. The van der Waals surface area contributed by atoms with Gasteiger partial charge >= 0.3 is 0 Å². The monoisotopic (exact) mass is 254 g/mol. The number of rotatable bonds is 5. The third-order valence-electron chi connectivity index (χ3n) is 3.09. The first-order chi connectivity index (χ1) is 9.26. The Hall–Kier alpha value is -2.12. The Bertz CT molecular complexity index is 575. The number of nitriles is 1. The lowest BCUT2D eigenvalue weighted by Crippen LogP contribution is -2.14. The number of aromatic nitrogens is 2. The van der Waals surface area contributed by atoms with E-state index in [2.05, 4.69) is 30.3 Å². The molecule has 1 heterocycles.